The molecule has 1 fully saturated rings. The van der Waals surface area contributed by atoms with Crippen LogP contribution in [0.4, 0.5) is 10.9 Å². The normalized spacial score (nSPS) is 15.1. The lowest BCUT2D eigenvalue weighted by Gasteiger charge is -2.35. The zero-order valence-electron chi connectivity index (χ0n) is 13.4. The largest absolute Gasteiger partial charge is 0.354 e. The fourth-order valence-corrected chi connectivity index (χ4v) is 3.36. The first-order chi connectivity index (χ1) is 11.6. The lowest BCUT2D eigenvalue weighted by molar-refractivity contribution is -0.114. The van der Waals surface area contributed by atoms with Gasteiger partial charge in [0.1, 0.15) is 5.82 Å². The van der Waals surface area contributed by atoms with E-state index in [0.29, 0.717) is 10.7 Å². The molecule has 1 amide bonds. The summed E-state index contributed by atoms with van der Waals surface area (Å²) in [6.07, 6.45) is 1.68. The standard InChI is InChI=1S/C16H18N6OS/c1-12(23)19-16-20-14(11-24-16)10-21-4-6-22(7-5-21)15-8-13(9-17)2-3-18-15/h2-3,8,11H,4-7,10H2,1H3,(H,19,20,23). The third kappa shape index (κ3) is 4.07. The van der Waals surface area contributed by atoms with E-state index in [9.17, 15) is 4.79 Å². The van der Waals surface area contributed by atoms with Gasteiger partial charge >= 0.3 is 0 Å². The molecule has 0 aromatic carbocycles. The van der Waals surface area contributed by atoms with Gasteiger partial charge in [0.05, 0.1) is 17.3 Å². The SMILES string of the molecule is CC(=O)Nc1nc(CN2CCN(c3cc(C#N)ccn3)CC2)cs1. The quantitative estimate of drug-likeness (QED) is 0.910. The lowest BCUT2D eigenvalue weighted by Crippen LogP contribution is -2.46. The van der Waals surface area contributed by atoms with Crippen molar-refractivity contribution in [2.45, 2.75) is 13.5 Å². The Morgan fingerprint density at radius 3 is 2.92 bits per heavy atom. The number of thiazole rings is 1. The molecule has 0 bridgehead atoms. The number of hydrogen-bond donors (Lipinski definition) is 1. The second-order valence-corrected chi connectivity index (χ2v) is 6.46. The molecule has 0 radical (unpaired) electrons. The molecule has 3 rings (SSSR count). The molecule has 3 heterocycles. The number of hydrogen-bond acceptors (Lipinski definition) is 7. The van der Waals surface area contributed by atoms with Gasteiger partial charge in [-0.15, -0.1) is 11.3 Å². The van der Waals surface area contributed by atoms with Gasteiger partial charge in [0.25, 0.3) is 0 Å². The summed E-state index contributed by atoms with van der Waals surface area (Å²) in [4.78, 5) is 24.4. The zero-order chi connectivity index (χ0) is 16.9. The van der Waals surface area contributed by atoms with Gasteiger partial charge in [0.15, 0.2) is 5.13 Å². The van der Waals surface area contributed by atoms with Gasteiger partial charge in [-0.3, -0.25) is 9.69 Å². The van der Waals surface area contributed by atoms with E-state index in [0.717, 1.165) is 44.2 Å². The van der Waals surface area contributed by atoms with Crippen molar-refractivity contribution in [1.82, 2.24) is 14.9 Å². The molecule has 8 heteroatoms. The van der Waals surface area contributed by atoms with E-state index >= 15 is 0 Å². The summed E-state index contributed by atoms with van der Waals surface area (Å²) in [7, 11) is 0. The third-order valence-electron chi connectivity index (χ3n) is 3.79. The smallest absolute Gasteiger partial charge is 0.223 e. The molecular weight excluding hydrogens is 324 g/mol. The molecule has 2 aromatic rings. The van der Waals surface area contributed by atoms with Crippen LogP contribution in [0, 0.1) is 11.3 Å². The highest BCUT2D eigenvalue weighted by atomic mass is 32.1. The number of nitrogens with zero attached hydrogens (tertiary/aromatic N) is 5. The van der Waals surface area contributed by atoms with Crippen molar-refractivity contribution < 1.29 is 4.79 Å². The van der Waals surface area contributed by atoms with Crippen LogP contribution in [0.25, 0.3) is 0 Å². The van der Waals surface area contributed by atoms with Crippen molar-refractivity contribution in [1.29, 1.82) is 5.26 Å². The van der Waals surface area contributed by atoms with Crippen LogP contribution in [0.2, 0.25) is 0 Å². The second-order valence-electron chi connectivity index (χ2n) is 5.60. The van der Waals surface area contributed by atoms with E-state index in [1.165, 1.54) is 18.3 Å². The average molecular weight is 342 g/mol. The Kier molecular flexibility index (Phi) is 5.03. The van der Waals surface area contributed by atoms with Crippen LogP contribution in [-0.2, 0) is 11.3 Å². The van der Waals surface area contributed by atoms with Gasteiger partial charge in [-0.2, -0.15) is 5.26 Å². The Morgan fingerprint density at radius 1 is 1.42 bits per heavy atom. The zero-order valence-corrected chi connectivity index (χ0v) is 14.2. The van der Waals surface area contributed by atoms with E-state index in [1.807, 2.05) is 11.4 Å². The first-order valence-electron chi connectivity index (χ1n) is 7.69. The maximum absolute atomic E-state index is 11.0. The van der Waals surface area contributed by atoms with Crippen molar-refractivity contribution in [3.05, 3.63) is 35.0 Å². The van der Waals surface area contributed by atoms with E-state index in [4.69, 9.17) is 5.26 Å². The van der Waals surface area contributed by atoms with Crippen LogP contribution >= 0.6 is 11.3 Å². The van der Waals surface area contributed by atoms with Crippen LogP contribution in [0.3, 0.4) is 0 Å². The van der Waals surface area contributed by atoms with Gasteiger partial charge in [0, 0.05) is 51.2 Å². The summed E-state index contributed by atoms with van der Waals surface area (Å²) < 4.78 is 0. The molecule has 0 aliphatic carbocycles. The summed E-state index contributed by atoms with van der Waals surface area (Å²) in [6.45, 7) is 5.80. The van der Waals surface area contributed by atoms with E-state index < -0.39 is 0 Å². The monoisotopic (exact) mass is 342 g/mol. The number of carbonyl (C=O) groups excluding carboxylic acids is 1. The Hall–Kier alpha value is -2.50. The summed E-state index contributed by atoms with van der Waals surface area (Å²) >= 11 is 1.45. The predicted octanol–water partition coefficient (Wildman–Crippen LogP) is 1.69. The molecule has 7 nitrogen and oxygen atoms in total. The minimum absolute atomic E-state index is 0.100. The Balaban J connectivity index is 1.54. The van der Waals surface area contributed by atoms with Crippen LogP contribution in [0.5, 0.6) is 0 Å². The number of nitriles is 1. The van der Waals surface area contributed by atoms with Gasteiger partial charge in [-0.25, -0.2) is 9.97 Å². The Labute approximate surface area is 144 Å². The van der Waals surface area contributed by atoms with Crippen LogP contribution < -0.4 is 10.2 Å². The van der Waals surface area contributed by atoms with Crippen LogP contribution in [0.1, 0.15) is 18.2 Å². The molecular formula is C16H18N6OS. The van der Waals surface area contributed by atoms with Gasteiger partial charge in [-0.1, -0.05) is 0 Å². The highest BCUT2D eigenvalue weighted by Crippen LogP contribution is 2.19. The number of nitrogens with one attached hydrogen (secondary N) is 1. The van der Waals surface area contributed by atoms with Crippen molar-refractivity contribution >= 4 is 28.2 Å². The molecule has 2 aromatic heterocycles. The summed E-state index contributed by atoms with van der Waals surface area (Å²) in [6, 6.07) is 5.70. The Morgan fingerprint density at radius 2 is 2.21 bits per heavy atom. The molecule has 0 saturated carbocycles. The average Bonchev–Trinajstić information content (AvgIpc) is 3.01. The highest BCUT2D eigenvalue weighted by Gasteiger charge is 2.19. The molecule has 24 heavy (non-hydrogen) atoms. The van der Waals surface area contributed by atoms with Crippen molar-refractivity contribution in [3.63, 3.8) is 0 Å². The number of amides is 1. The second kappa shape index (κ2) is 7.38. The highest BCUT2D eigenvalue weighted by molar-refractivity contribution is 7.13. The molecule has 0 spiro atoms. The number of rotatable bonds is 4. The number of pyridine rings is 1. The number of anilines is 2. The minimum atomic E-state index is -0.100. The molecule has 1 aliphatic rings. The van der Waals surface area contributed by atoms with E-state index in [-0.39, 0.29) is 5.91 Å². The fourth-order valence-electron chi connectivity index (χ4n) is 2.61. The van der Waals surface area contributed by atoms with E-state index in [1.54, 1.807) is 12.3 Å². The van der Waals surface area contributed by atoms with E-state index in [2.05, 4.69) is 31.2 Å². The summed E-state index contributed by atoms with van der Waals surface area (Å²) in [5.41, 5.74) is 1.61. The molecule has 124 valence electrons. The van der Waals surface area contributed by atoms with Gasteiger partial charge in [-0.05, 0) is 12.1 Å². The molecule has 1 saturated heterocycles. The minimum Gasteiger partial charge on any atom is -0.354 e. The summed E-state index contributed by atoms with van der Waals surface area (Å²) in [5.74, 6) is 0.756. The molecule has 0 unspecified atom stereocenters. The third-order valence-corrected chi connectivity index (χ3v) is 4.60. The number of carbonyl (C=O) groups is 1. The molecule has 0 atom stereocenters. The van der Waals surface area contributed by atoms with Crippen LogP contribution in [-0.4, -0.2) is 47.0 Å². The molecule has 1 N–H and O–H groups in total. The fraction of sp³-hybridized carbons (Fsp3) is 0.375. The number of piperazine rings is 1. The van der Waals surface area contributed by atoms with Crippen molar-refractivity contribution in [2.75, 3.05) is 36.4 Å². The Bertz CT molecular complexity index is 760. The first kappa shape index (κ1) is 16.4. The summed E-state index contributed by atoms with van der Waals surface area (Å²) in [5, 5.41) is 14.3. The first-order valence-corrected chi connectivity index (χ1v) is 8.57. The van der Waals surface area contributed by atoms with Crippen LogP contribution in [0.15, 0.2) is 23.7 Å². The van der Waals surface area contributed by atoms with Gasteiger partial charge in [0.2, 0.25) is 5.91 Å². The van der Waals surface area contributed by atoms with Crippen molar-refractivity contribution in [3.8, 4) is 6.07 Å². The maximum Gasteiger partial charge on any atom is 0.223 e. The van der Waals surface area contributed by atoms with Gasteiger partial charge < -0.3 is 10.2 Å². The lowest BCUT2D eigenvalue weighted by atomic mass is 10.2. The predicted molar refractivity (Wildman–Crippen MR) is 92.9 cm³/mol. The van der Waals surface area contributed by atoms with Crippen molar-refractivity contribution in [2.24, 2.45) is 0 Å². The molecule has 1 aliphatic heterocycles. The topological polar surface area (TPSA) is 85.2 Å². The maximum atomic E-state index is 11.0. The number of aromatic nitrogens is 2.